The number of carbonyl (C=O) groups is 1. The van der Waals surface area contributed by atoms with Crippen LogP contribution < -0.4 is 0 Å². The van der Waals surface area contributed by atoms with Crippen molar-refractivity contribution >= 4 is 12.0 Å². The molecule has 2 heteroatoms. The van der Waals surface area contributed by atoms with Crippen molar-refractivity contribution in [3.63, 3.8) is 0 Å². The van der Waals surface area contributed by atoms with Gasteiger partial charge in [0.15, 0.2) is 0 Å². The second-order valence-electron chi connectivity index (χ2n) is 3.30. The molecule has 0 aromatic heterocycles. The molecule has 1 aromatic carbocycles. The van der Waals surface area contributed by atoms with E-state index in [0.717, 1.165) is 12.0 Å². The Bertz CT molecular complexity index is 336. The number of rotatable bonds is 4. The fourth-order valence-electron chi connectivity index (χ4n) is 1.21. The Balaban J connectivity index is 2.46. The summed E-state index contributed by atoms with van der Waals surface area (Å²) in [6.07, 6.45) is 4.84. The maximum Gasteiger partial charge on any atom is 0.302 e. The lowest BCUT2D eigenvalue weighted by atomic mass is 10.1. The summed E-state index contributed by atoms with van der Waals surface area (Å²) in [5.74, 6) is -0.249. The van der Waals surface area contributed by atoms with Crippen LogP contribution in [0.15, 0.2) is 30.3 Å². The lowest BCUT2D eigenvalue weighted by Gasteiger charge is -1.98. The van der Waals surface area contributed by atoms with Gasteiger partial charge in [-0.3, -0.25) is 4.79 Å². The van der Waals surface area contributed by atoms with Crippen LogP contribution in [0.25, 0.3) is 6.08 Å². The van der Waals surface area contributed by atoms with Gasteiger partial charge in [-0.05, 0) is 23.6 Å². The van der Waals surface area contributed by atoms with E-state index >= 15 is 0 Å². The van der Waals surface area contributed by atoms with Crippen LogP contribution in [0.1, 0.15) is 25.0 Å². The first-order chi connectivity index (χ1) is 7.22. The average Bonchev–Trinajstić information content (AvgIpc) is 2.25. The number of hydrogen-bond donors (Lipinski definition) is 0. The van der Waals surface area contributed by atoms with Gasteiger partial charge in [-0.15, -0.1) is 0 Å². The molecule has 0 spiro atoms. The molecule has 0 aliphatic carbocycles. The van der Waals surface area contributed by atoms with E-state index in [1.165, 1.54) is 12.5 Å². The van der Waals surface area contributed by atoms with Crippen LogP contribution in [-0.2, 0) is 16.0 Å². The van der Waals surface area contributed by atoms with Gasteiger partial charge in [0.1, 0.15) is 6.61 Å². The van der Waals surface area contributed by atoms with Crippen LogP contribution in [0.2, 0.25) is 0 Å². The fraction of sp³-hybridized carbons (Fsp3) is 0.308. The van der Waals surface area contributed by atoms with E-state index in [1.807, 2.05) is 12.2 Å². The van der Waals surface area contributed by atoms with Gasteiger partial charge in [0.05, 0.1) is 0 Å². The summed E-state index contributed by atoms with van der Waals surface area (Å²) in [5.41, 5.74) is 2.45. The molecule has 1 rings (SSSR count). The highest BCUT2D eigenvalue weighted by Crippen LogP contribution is 2.06. The minimum Gasteiger partial charge on any atom is -0.462 e. The third kappa shape index (κ3) is 4.45. The second kappa shape index (κ2) is 6.02. The summed E-state index contributed by atoms with van der Waals surface area (Å²) in [4.78, 5) is 10.5. The van der Waals surface area contributed by atoms with E-state index in [-0.39, 0.29) is 5.97 Å². The van der Waals surface area contributed by atoms with Gasteiger partial charge < -0.3 is 4.74 Å². The van der Waals surface area contributed by atoms with Crippen LogP contribution in [0.3, 0.4) is 0 Å². The molecular formula is C13H16O2. The Morgan fingerprint density at radius 1 is 1.33 bits per heavy atom. The summed E-state index contributed by atoms with van der Waals surface area (Å²) >= 11 is 0. The number of hydrogen-bond acceptors (Lipinski definition) is 2. The lowest BCUT2D eigenvalue weighted by Crippen LogP contribution is -1.97. The first kappa shape index (κ1) is 11.5. The molecule has 0 aliphatic rings. The molecule has 15 heavy (non-hydrogen) atoms. The zero-order valence-corrected chi connectivity index (χ0v) is 9.19. The minimum atomic E-state index is -0.249. The van der Waals surface area contributed by atoms with Crippen molar-refractivity contribution in [3.8, 4) is 0 Å². The van der Waals surface area contributed by atoms with Gasteiger partial charge in [-0.2, -0.15) is 0 Å². The summed E-state index contributed by atoms with van der Waals surface area (Å²) < 4.78 is 4.78. The van der Waals surface area contributed by atoms with Gasteiger partial charge in [0, 0.05) is 6.92 Å². The first-order valence-electron chi connectivity index (χ1n) is 5.11. The van der Waals surface area contributed by atoms with E-state index in [1.54, 1.807) is 0 Å². The molecule has 0 amide bonds. The normalized spacial score (nSPS) is 10.5. The molecule has 0 heterocycles. The maximum absolute atomic E-state index is 10.5. The molecule has 0 fully saturated rings. The highest BCUT2D eigenvalue weighted by atomic mass is 16.5. The molecular weight excluding hydrogens is 188 g/mol. The number of benzene rings is 1. The summed E-state index contributed by atoms with van der Waals surface area (Å²) in [5, 5.41) is 0. The third-order valence-corrected chi connectivity index (χ3v) is 2.08. The van der Waals surface area contributed by atoms with Gasteiger partial charge in [0.25, 0.3) is 0 Å². The summed E-state index contributed by atoms with van der Waals surface area (Å²) in [6.45, 7) is 3.88. The van der Waals surface area contributed by atoms with Gasteiger partial charge in [-0.1, -0.05) is 37.3 Å². The second-order valence-corrected chi connectivity index (χ2v) is 3.30. The van der Waals surface area contributed by atoms with Crippen molar-refractivity contribution < 1.29 is 9.53 Å². The molecule has 0 bridgehead atoms. The molecule has 0 radical (unpaired) electrons. The van der Waals surface area contributed by atoms with E-state index in [4.69, 9.17) is 4.74 Å². The quantitative estimate of drug-likeness (QED) is 0.705. The predicted octanol–water partition coefficient (Wildman–Crippen LogP) is 2.83. The largest absolute Gasteiger partial charge is 0.462 e. The lowest BCUT2D eigenvalue weighted by molar-refractivity contribution is -0.139. The Morgan fingerprint density at radius 2 is 2.00 bits per heavy atom. The minimum absolute atomic E-state index is 0.249. The van der Waals surface area contributed by atoms with Gasteiger partial charge in [-0.25, -0.2) is 0 Å². The van der Waals surface area contributed by atoms with E-state index in [2.05, 4.69) is 31.2 Å². The van der Waals surface area contributed by atoms with Crippen LogP contribution in [0.4, 0.5) is 0 Å². The van der Waals surface area contributed by atoms with Crippen molar-refractivity contribution in [2.24, 2.45) is 0 Å². The number of carbonyl (C=O) groups excluding carboxylic acids is 1. The van der Waals surface area contributed by atoms with Crippen molar-refractivity contribution in [2.45, 2.75) is 20.3 Å². The smallest absolute Gasteiger partial charge is 0.302 e. The monoisotopic (exact) mass is 204 g/mol. The first-order valence-corrected chi connectivity index (χ1v) is 5.11. The number of esters is 1. The van der Waals surface area contributed by atoms with Gasteiger partial charge in [0.2, 0.25) is 0 Å². The van der Waals surface area contributed by atoms with Crippen LogP contribution >= 0.6 is 0 Å². The highest BCUT2D eigenvalue weighted by molar-refractivity contribution is 5.66. The molecule has 1 aromatic rings. The molecule has 0 atom stereocenters. The molecule has 0 aliphatic heterocycles. The van der Waals surface area contributed by atoms with E-state index in [9.17, 15) is 4.79 Å². The molecule has 0 saturated carbocycles. The zero-order chi connectivity index (χ0) is 11.1. The fourth-order valence-corrected chi connectivity index (χ4v) is 1.21. The van der Waals surface area contributed by atoms with Gasteiger partial charge >= 0.3 is 5.97 Å². The number of ether oxygens (including phenoxy) is 1. The Morgan fingerprint density at radius 3 is 2.53 bits per heavy atom. The van der Waals surface area contributed by atoms with Crippen molar-refractivity contribution in [2.75, 3.05) is 6.61 Å². The Hall–Kier alpha value is -1.57. The summed E-state index contributed by atoms with van der Waals surface area (Å²) in [6, 6.07) is 8.32. The SMILES string of the molecule is CCc1ccc(/C=C/COC(C)=O)cc1. The van der Waals surface area contributed by atoms with Crippen LogP contribution in [0, 0.1) is 0 Å². The molecule has 2 nitrogen and oxygen atoms in total. The van der Waals surface area contributed by atoms with Crippen molar-refractivity contribution in [1.29, 1.82) is 0 Å². The topological polar surface area (TPSA) is 26.3 Å². The standard InChI is InChI=1S/C13H16O2/c1-3-12-6-8-13(9-7-12)5-4-10-15-11(2)14/h4-9H,3,10H2,1-2H3/b5-4+. The maximum atomic E-state index is 10.5. The van der Waals surface area contributed by atoms with Crippen LogP contribution in [-0.4, -0.2) is 12.6 Å². The predicted molar refractivity (Wildman–Crippen MR) is 61.5 cm³/mol. The summed E-state index contributed by atoms with van der Waals surface area (Å²) in [7, 11) is 0. The van der Waals surface area contributed by atoms with Crippen molar-refractivity contribution in [1.82, 2.24) is 0 Å². The third-order valence-electron chi connectivity index (χ3n) is 2.08. The molecule has 80 valence electrons. The molecule has 0 unspecified atom stereocenters. The number of aryl methyl sites for hydroxylation is 1. The molecule has 0 N–H and O–H groups in total. The highest BCUT2D eigenvalue weighted by Gasteiger charge is 1.90. The molecule has 0 saturated heterocycles. The van der Waals surface area contributed by atoms with Crippen molar-refractivity contribution in [3.05, 3.63) is 41.5 Å². The van der Waals surface area contributed by atoms with E-state index < -0.39 is 0 Å². The zero-order valence-electron chi connectivity index (χ0n) is 9.19. The van der Waals surface area contributed by atoms with E-state index in [0.29, 0.717) is 6.61 Å². The average molecular weight is 204 g/mol. The van der Waals surface area contributed by atoms with Crippen LogP contribution in [0.5, 0.6) is 0 Å². The Kier molecular flexibility index (Phi) is 4.61. The Labute approximate surface area is 90.6 Å².